The zero-order valence-corrected chi connectivity index (χ0v) is 22.2. The highest BCUT2D eigenvalue weighted by Gasteiger charge is 2.32. The minimum atomic E-state index is -3.76. The summed E-state index contributed by atoms with van der Waals surface area (Å²) in [6, 6.07) is 10.1. The van der Waals surface area contributed by atoms with Gasteiger partial charge in [-0.3, -0.25) is 28.4 Å². The van der Waals surface area contributed by atoms with Crippen LogP contribution in [-0.2, 0) is 27.3 Å². The molecule has 1 saturated heterocycles. The van der Waals surface area contributed by atoms with Crippen LogP contribution in [0.15, 0.2) is 41.3 Å². The summed E-state index contributed by atoms with van der Waals surface area (Å²) < 4.78 is 20.9. The third-order valence-electron chi connectivity index (χ3n) is 6.74. The molecule has 1 heterocycles. The number of carbonyl (C=O) groups excluding carboxylic acids is 3. The Kier molecular flexibility index (Phi) is 8.75. The molecule has 0 unspecified atom stereocenters. The van der Waals surface area contributed by atoms with Crippen LogP contribution in [0.1, 0.15) is 54.8 Å². The van der Waals surface area contributed by atoms with E-state index in [9.17, 15) is 23.5 Å². The number of rotatable bonds is 8. The number of hydrogen-bond acceptors (Lipinski definition) is 6. The van der Waals surface area contributed by atoms with Crippen LogP contribution >= 0.6 is 33.8 Å². The van der Waals surface area contributed by atoms with Crippen LogP contribution in [0.3, 0.4) is 0 Å². The van der Waals surface area contributed by atoms with E-state index in [0.29, 0.717) is 6.42 Å². The molecule has 0 saturated carbocycles. The summed E-state index contributed by atoms with van der Waals surface area (Å²) in [4.78, 5) is 40.0. The first-order valence-corrected chi connectivity index (χ1v) is 14.5. The van der Waals surface area contributed by atoms with Gasteiger partial charge in [-0.2, -0.15) is 10.6 Å². The highest BCUT2D eigenvalue weighted by molar-refractivity contribution is 8.25. The molecule has 194 valence electrons. The number of nitrogens with one attached hydrogen (secondary N) is 1. The number of likely N-dealkylation sites (tertiary alicyclic amines) is 1. The molecule has 1 atom stereocenters. The zero-order chi connectivity index (χ0) is 25.9. The highest BCUT2D eigenvalue weighted by Crippen LogP contribution is 2.52. The lowest BCUT2D eigenvalue weighted by molar-refractivity contribution is -0.144. The normalized spacial score (nSPS) is 18.8. The Morgan fingerprint density at radius 1 is 1.03 bits per heavy atom. The van der Waals surface area contributed by atoms with Gasteiger partial charge in [0.15, 0.2) is 0 Å². The Labute approximate surface area is 222 Å². The van der Waals surface area contributed by atoms with E-state index in [-0.39, 0.29) is 21.0 Å². The standard InChI is InChI=1S/C26H30Cl2N2O5S/c27-20-7-5-9-23(24(20)28)36(34,35)16-22(31)25(32)26(33)29-21-8-4-6-18-14-17(10-11-19(18)21)15-30-12-2-1-3-13-30/h5,7,9-11,14,21,34-35H,1-4,6,8,12-13,15-16H2,(H,29,33)/t21-/m1/s1. The number of halogens is 2. The topological polar surface area (TPSA) is 107 Å². The van der Waals surface area contributed by atoms with E-state index < -0.39 is 33.8 Å². The molecular formula is C26H30Cl2N2O5S. The average Bonchev–Trinajstić information content (AvgIpc) is 2.85. The Hall–Kier alpha value is -1.94. The number of Topliss-reactive ketones (excluding diaryl/α,β-unsaturated/α-hetero) is 2. The van der Waals surface area contributed by atoms with Crippen LogP contribution < -0.4 is 5.32 Å². The fraction of sp³-hybridized carbons (Fsp3) is 0.423. The molecule has 1 aliphatic carbocycles. The van der Waals surface area contributed by atoms with E-state index in [1.807, 2.05) is 6.07 Å². The minimum Gasteiger partial charge on any atom is -0.342 e. The lowest BCUT2D eigenvalue weighted by Gasteiger charge is -2.32. The molecule has 4 rings (SSSR count). The van der Waals surface area contributed by atoms with Crippen LogP contribution in [0.25, 0.3) is 0 Å². The first kappa shape index (κ1) is 27.1. The number of carbonyl (C=O) groups is 3. The van der Waals surface area contributed by atoms with Crippen molar-refractivity contribution in [1.82, 2.24) is 10.2 Å². The lowest BCUT2D eigenvalue weighted by Crippen LogP contribution is -2.40. The quantitative estimate of drug-likeness (QED) is 0.298. The first-order chi connectivity index (χ1) is 17.2. The van der Waals surface area contributed by atoms with Crippen molar-refractivity contribution in [3.8, 4) is 0 Å². The summed E-state index contributed by atoms with van der Waals surface area (Å²) in [6.07, 6.45) is 6.14. The smallest absolute Gasteiger partial charge is 0.296 e. The van der Waals surface area contributed by atoms with E-state index in [2.05, 4.69) is 22.3 Å². The summed E-state index contributed by atoms with van der Waals surface area (Å²) in [6.45, 7) is 3.13. The minimum absolute atomic E-state index is 0.0840. The number of benzene rings is 2. The van der Waals surface area contributed by atoms with E-state index in [0.717, 1.165) is 43.6 Å². The fourth-order valence-corrected chi connectivity index (χ4v) is 6.98. The third kappa shape index (κ3) is 6.30. The van der Waals surface area contributed by atoms with Crippen LogP contribution in [-0.4, -0.2) is 50.3 Å². The van der Waals surface area contributed by atoms with Gasteiger partial charge in [-0.05, 0) is 74.0 Å². The van der Waals surface area contributed by atoms with Gasteiger partial charge in [0.2, 0.25) is 5.78 Å². The van der Waals surface area contributed by atoms with E-state index in [4.69, 9.17) is 23.2 Å². The average molecular weight is 554 g/mol. The van der Waals surface area contributed by atoms with Gasteiger partial charge in [-0.25, -0.2) is 0 Å². The summed E-state index contributed by atoms with van der Waals surface area (Å²) in [5.41, 5.74) is 3.33. The van der Waals surface area contributed by atoms with Crippen molar-refractivity contribution >= 4 is 51.3 Å². The molecule has 1 aliphatic heterocycles. The molecule has 1 amide bonds. The van der Waals surface area contributed by atoms with Crippen LogP contribution in [0.2, 0.25) is 10.0 Å². The molecule has 0 bridgehead atoms. The van der Waals surface area contributed by atoms with Gasteiger partial charge in [-0.1, -0.05) is 53.9 Å². The number of piperidine rings is 1. The summed E-state index contributed by atoms with van der Waals surface area (Å²) in [5, 5.41) is 2.66. The van der Waals surface area contributed by atoms with Gasteiger partial charge >= 0.3 is 0 Å². The van der Waals surface area contributed by atoms with Crippen molar-refractivity contribution in [3.05, 3.63) is 63.1 Å². The van der Waals surface area contributed by atoms with Gasteiger partial charge in [0.05, 0.1) is 21.0 Å². The van der Waals surface area contributed by atoms with Crippen molar-refractivity contribution in [1.29, 1.82) is 0 Å². The van der Waals surface area contributed by atoms with Gasteiger partial charge in [0, 0.05) is 6.54 Å². The maximum absolute atomic E-state index is 12.6. The molecule has 3 N–H and O–H groups in total. The number of nitrogens with zero attached hydrogens (tertiary/aromatic N) is 1. The summed E-state index contributed by atoms with van der Waals surface area (Å²) in [7, 11) is -3.76. The number of aryl methyl sites for hydroxylation is 1. The molecule has 2 aromatic carbocycles. The lowest BCUT2D eigenvalue weighted by atomic mass is 9.86. The van der Waals surface area contributed by atoms with E-state index in [1.54, 1.807) is 0 Å². The van der Waals surface area contributed by atoms with Crippen molar-refractivity contribution in [2.75, 3.05) is 18.8 Å². The van der Waals surface area contributed by atoms with Crippen LogP contribution in [0.5, 0.6) is 0 Å². The molecule has 2 aromatic rings. The predicted octanol–water partition coefficient (Wildman–Crippen LogP) is 5.42. The molecule has 0 aromatic heterocycles. The Morgan fingerprint density at radius 2 is 1.78 bits per heavy atom. The van der Waals surface area contributed by atoms with Crippen molar-refractivity contribution in [2.24, 2.45) is 0 Å². The number of fused-ring (bicyclic) bond motifs is 1. The molecule has 36 heavy (non-hydrogen) atoms. The molecule has 7 nitrogen and oxygen atoms in total. The van der Waals surface area contributed by atoms with Gasteiger partial charge < -0.3 is 5.32 Å². The fourth-order valence-electron chi connectivity index (χ4n) is 4.90. The van der Waals surface area contributed by atoms with Crippen molar-refractivity contribution in [2.45, 2.75) is 56.0 Å². The molecule has 0 spiro atoms. The maximum atomic E-state index is 12.6. The Bertz CT molecular complexity index is 1170. The number of ketones is 2. The number of amides is 1. The second-order valence-electron chi connectivity index (χ2n) is 9.40. The molecule has 10 heteroatoms. The first-order valence-electron chi connectivity index (χ1n) is 12.1. The van der Waals surface area contributed by atoms with Crippen molar-refractivity contribution in [3.63, 3.8) is 0 Å². The maximum Gasteiger partial charge on any atom is 0.296 e. The van der Waals surface area contributed by atoms with E-state index in [1.165, 1.54) is 43.0 Å². The second kappa shape index (κ2) is 11.6. The van der Waals surface area contributed by atoms with Crippen LogP contribution in [0.4, 0.5) is 0 Å². The molecule has 1 fully saturated rings. The predicted molar refractivity (Wildman–Crippen MR) is 142 cm³/mol. The molecule has 2 aliphatic rings. The largest absolute Gasteiger partial charge is 0.342 e. The second-order valence-corrected chi connectivity index (χ2v) is 12.3. The Balaban J connectivity index is 1.40. The monoisotopic (exact) mass is 552 g/mol. The van der Waals surface area contributed by atoms with E-state index >= 15 is 0 Å². The highest BCUT2D eigenvalue weighted by atomic mass is 35.5. The third-order valence-corrected chi connectivity index (χ3v) is 9.38. The van der Waals surface area contributed by atoms with Crippen LogP contribution in [0, 0.1) is 0 Å². The molecule has 0 radical (unpaired) electrons. The SMILES string of the molecule is O=C(CS(O)(O)c1cccc(Cl)c1Cl)C(=O)C(=O)N[C@@H]1CCCc2cc(CN3CCCCC3)ccc21. The van der Waals surface area contributed by atoms with Gasteiger partial charge in [0.1, 0.15) is 5.75 Å². The zero-order valence-electron chi connectivity index (χ0n) is 19.8. The van der Waals surface area contributed by atoms with Gasteiger partial charge in [-0.15, -0.1) is 0 Å². The Morgan fingerprint density at radius 3 is 2.53 bits per heavy atom. The summed E-state index contributed by atoms with van der Waals surface area (Å²) in [5.74, 6) is -4.51. The molecular weight excluding hydrogens is 523 g/mol. The van der Waals surface area contributed by atoms with Gasteiger partial charge in [0.25, 0.3) is 11.7 Å². The number of hydrogen-bond donors (Lipinski definition) is 3. The summed E-state index contributed by atoms with van der Waals surface area (Å²) >= 11 is 12.0. The van der Waals surface area contributed by atoms with Crippen molar-refractivity contribution < 1.29 is 23.5 Å².